The second kappa shape index (κ2) is 13.8. The first-order valence-electron chi connectivity index (χ1n) is 16.7. The third-order valence-corrected chi connectivity index (χ3v) is 8.98. The van der Waals surface area contributed by atoms with E-state index in [0.29, 0.717) is 44.2 Å². The summed E-state index contributed by atoms with van der Waals surface area (Å²) in [6, 6.07) is 24.4. The van der Waals surface area contributed by atoms with Crippen molar-refractivity contribution in [2.75, 3.05) is 49.3 Å². The summed E-state index contributed by atoms with van der Waals surface area (Å²) in [5.41, 5.74) is 4.01. The maximum atomic E-state index is 14.9. The molecule has 0 radical (unpaired) electrons. The van der Waals surface area contributed by atoms with Crippen molar-refractivity contribution >= 4 is 29.3 Å². The van der Waals surface area contributed by atoms with E-state index in [2.05, 4.69) is 36.4 Å². The molecule has 1 unspecified atom stereocenters. The lowest BCUT2D eigenvalue weighted by Crippen LogP contribution is -2.51. The average Bonchev–Trinajstić information content (AvgIpc) is 3.90. The highest BCUT2D eigenvalue weighted by atomic mass is 16.6. The maximum absolute atomic E-state index is 14.9. The van der Waals surface area contributed by atoms with Crippen LogP contribution in [0.2, 0.25) is 0 Å². The van der Waals surface area contributed by atoms with E-state index >= 15 is 0 Å². The standard InChI is InChI=1S/C38H45N3O6/c1-5-45-21-20-40-33-23-30(16-17-34(33)46-25-35(40)42)41(29-14-15-29)36(43)32-24-39(37(44)47-38(2,3)4)19-18-31(32)28-13-9-12-27(22-28)26-10-7-6-8-11-26/h6-13,16-17,22-23,29,31-32H,5,14-15,18-21,24-25H2,1-4H3/t31-,32?/m1/s1. The normalized spacial score (nSPS) is 19.5. The van der Waals surface area contributed by atoms with Crippen molar-refractivity contribution < 1.29 is 28.6 Å². The molecule has 3 aromatic carbocycles. The van der Waals surface area contributed by atoms with Crippen LogP contribution in [0.1, 0.15) is 58.4 Å². The topological polar surface area (TPSA) is 88.6 Å². The van der Waals surface area contributed by atoms with Gasteiger partial charge in [-0.15, -0.1) is 0 Å². The van der Waals surface area contributed by atoms with E-state index in [9.17, 15) is 14.4 Å². The van der Waals surface area contributed by atoms with E-state index < -0.39 is 17.6 Å². The number of piperidine rings is 1. The van der Waals surface area contributed by atoms with Gasteiger partial charge in [-0.2, -0.15) is 0 Å². The predicted molar refractivity (Wildman–Crippen MR) is 182 cm³/mol. The molecule has 3 amide bonds. The summed E-state index contributed by atoms with van der Waals surface area (Å²) in [5, 5.41) is 0. The molecule has 248 valence electrons. The zero-order chi connectivity index (χ0) is 33.1. The molecule has 2 heterocycles. The van der Waals surface area contributed by atoms with Crippen LogP contribution in [-0.4, -0.2) is 73.9 Å². The third-order valence-electron chi connectivity index (χ3n) is 8.98. The molecule has 6 rings (SSSR count). The van der Waals surface area contributed by atoms with E-state index in [1.165, 1.54) is 0 Å². The Bertz CT molecular complexity index is 1600. The molecular weight excluding hydrogens is 594 g/mol. The molecule has 1 saturated heterocycles. The number of fused-ring (bicyclic) bond motifs is 1. The molecule has 1 aliphatic carbocycles. The molecule has 9 nitrogen and oxygen atoms in total. The number of rotatable bonds is 9. The first-order valence-corrected chi connectivity index (χ1v) is 16.7. The Morgan fingerprint density at radius 2 is 1.72 bits per heavy atom. The lowest BCUT2D eigenvalue weighted by Gasteiger charge is -2.41. The number of amides is 3. The summed E-state index contributed by atoms with van der Waals surface area (Å²) in [6.07, 6.45) is 2.01. The zero-order valence-electron chi connectivity index (χ0n) is 27.8. The molecule has 0 bridgehead atoms. The first-order chi connectivity index (χ1) is 22.6. The van der Waals surface area contributed by atoms with Crippen LogP contribution in [0.5, 0.6) is 5.75 Å². The summed E-state index contributed by atoms with van der Waals surface area (Å²) >= 11 is 0. The fourth-order valence-electron chi connectivity index (χ4n) is 6.59. The smallest absolute Gasteiger partial charge is 0.410 e. The van der Waals surface area contributed by atoms with E-state index in [0.717, 1.165) is 35.2 Å². The highest BCUT2D eigenvalue weighted by molar-refractivity contribution is 6.01. The van der Waals surface area contributed by atoms with Gasteiger partial charge in [-0.3, -0.25) is 9.59 Å². The van der Waals surface area contributed by atoms with Gasteiger partial charge in [0.05, 0.1) is 18.2 Å². The second-order valence-corrected chi connectivity index (χ2v) is 13.5. The fraction of sp³-hybridized carbons (Fsp3) is 0.447. The van der Waals surface area contributed by atoms with Gasteiger partial charge in [-0.1, -0.05) is 54.6 Å². The summed E-state index contributed by atoms with van der Waals surface area (Å²) in [4.78, 5) is 46.4. The van der Waals surface area contributed by atoms with E-state index in [1.807, 2.05) is 69.0 Å². The molecule has 2 atom stereocenters. The number of carbonyl (C=O) groups is 3. The van der Waals surface area contributed by atoms with E-state index in [-0.39, 0.29) is 36.9 Å². The number of likely N-dealkylation sites (tertiary alicyclic amines) is 1. The number of anilines is 2. The van der Waals surface area contributed by atoms with Crippen molar-refractivity contribution in [2.45, 2.75) is 64.5 Å². The number of carbonyl (C=O) groups excluding carboxylic acids is 3. The molecule has 2 fully saturated rings. The molecule has 2 aliphatic heterocycles. The largest absolute Gasteiger partial charge is 0.482 e. The summed E-state index contributed by atoms with van der Waals surface area (Å²) < 4.78 is 17.1. The van der Waals surface area contributed by atoms with Crippen molar-refractivity contribution in [3.05, 3.63) is 78.4 Å². The van der Waals surface area contributed by atoms with Crippen LogP contribution >= 0.6 is 0 Å². The molecule has 0 aromatic heterocycles. The van der Waals surface area contributed by atoms with Gasteiger partial charge in [-0.25, -0.2) is 4.79 Å². The molecule has 9 heteroatoms. The second-order valence-electron chi connectivity index (χ2n) is 13.5. The highest BCUT2D eigenvalue weighted by Gasteiger charge is 2.44. The van der Waals surface area contributed by atoms with Crippen LogP contribution in [0.25, 0.3) is 11.1 Å². The van der Waals surface area contributed by atoms with Crippen LogP contribution in [0.3, 0.4) is 0 Å². The van der Waals surface area contributed by atoms with Crippen molar-refractivity contribution in [1.82, 2.24) is 4.90 Å². The third kappa shape index (κ3) is 7.46. The minimum Gasteiger partial charge on any atom is -0.482 e. The Hall–Kier alpha value is -4.37. The Balaban J connectivity index is 1.35. The number of hydrogen-bond acceptors (Lipinski definition) is 6. The Kier molecular flexibility index (Phi) is 9.55. The summed E-state index contributed by atoms with van der Waals surface area (Å²) in [7, 11) is 0. The van der Waals surface area contributed by atoms with Gasteiger partial charge in [0.2, 0.25) is 5.91 Å². The maximum Gasteiger partial charge on any atom is 0.410 e. The van der Waals surface area contributed by atoms with E-state index in [1.54, 1.807) is 9.80 Å². The van der Waals surface area contributed by atoms with Gasteiger partial charge in [0.15, 0.2) is 6.61 Å². The lowest BCUT2D eigenvalue weighted by atomic mass is 9.79. The SMILES string of the molecule is CCOCCN1C(=O)COc2ccc(N(C(=O)C3CN(C(=O)OC(C)(C)C)CC[C@@H]3c3cccc(-c4ccccc4)c3)C3CC3)cc21. The average molecular weight is 640 g/mol. The fourth-order valence-corrected chi connectivity index (χ4v) is 6.59. The van der Waals surface area contributed by atoms with E-state index in [4.69, 9.17) is 14.2 Å². The molecule has 1 saturated carbocycles. The minimum atomic E-state index is -0.645. The Morgan fingerprint density at radius 1 is 0.957 bits per heavy atom. The van der Waals surface area contributed by atoms with Crippen LogP contribution in [0.15, 0.2) is 72.8 Å². The molecule has 3 aliphatic rings. The van der Waals surface area contributed by atoms with Gasteiger partial charge >= 0.3 is 6.09 Å². The number of benzene rings is 3. The van der Waals surface area contributed by atoms with Gasteiger partial charge < -0.3 is 28.9 Å². The molecule has 0 N–H and O–H groups in total. The highest BCUT2D eigenvalue weighted by Crippen LogP contribution is 2.43. The monoisotopic (exact) mass is 639 g/mol. The van der Waals surface area contributed by atoms with Crippen LogP contribution in [0.4, 0.5) is 16.2 Å². The van der Waals surface area contributed by atoms with Crippen molar-refractivity contribution in [2.24, 2.45) is 5.92 Å². The molecule has 3 aromatic rings. The van der Waals surface area contributed by atoms with Gasteiger partial charge in [-0.05, 0) is 87.8 Å². The van der Waals surface area contributed by atoms with Gasteiger partial charge in [0.1, 0.15) is 11.4 Å². The number of hydrogen-bond donors (Lipinski definition) is 0. The lowest BCUT2D eigenvalue weighted by molar-refractivity contribution is -0.124. The molecule has 0 spiro atoms. The Labute approximate surface area is 277 Å². The summed E-state index contributed by atoms with van der Waals surface area (Å²) in [5.74, 6) is -0.156. The number of ether oxygens (including phenoxy) is 3. The van der Waals surface area contributed by atoms with Crippen molar-refractivity contribution in [3.63, 3.8) is 0 Å². The number of nitrogens with zero attached hydrogens (tertiary/aromatic N) is 3. The summed E-state index contributed by atoms with van der Waals surface area (Å²) in [6.45, 7) is 9.57. The van der Waals surface area contributed by atoms with Crippen molar-refractivity contribution in [3.8, 4) is 16.9 Å². The van der Waals surface area contributed by atoms with Gasteiger partial charge in [0, 0.05) is 38.0 Å². The van der Waals surface area contributed by atoms with Crippen LogP contribution < -0.4 is 14.5 Å². The Morgan fingerprint density at radius 3 is 2.45 bits per heavy atom. The van der Waals surface area contributed by atoms with Crippen LogP contribution in [0, 0.1) is 5.92 Å². The van der Waals surface area contributed by atoms with Crippen molar-refractivity contribution in [1.29, 1.82) is 0 Å². The first kappa shape index (κ1) is 32.6. The molecule has 47 heavy (non-hydrogen) atoms. The molecular formula is C38H45N3O6. The predicted octanol–water partition coefficient (Wildman–Crippen LogP) is 6.65. The van der Waals surface area contributed by atoms with Gasteiger partial charge in [0.25, 0.3) is 5.91 Å². The quantitative estimate of drug-likeness (QED) is 0.244. The minimum absolute atomic E-state index is 0.0280. The zero-order valence-corrected chi connectivity index (χ0v) is 27.8. The van der Waals surface area contributed by atoms with Crippen LogP contribution in [-0.2, 0) is 19.1 Å².